The third-order valence-electron chi connectivity index (χ3n) is 2.38. The van der Waals surface area contributed by atoms with E-state index in [9.17, 15) is 4.39 Å². The summed E-state index contributed by atoms with van der Waals surface area (Å²) in [6.45, 7) is 0.633. The van der Waals surface area contributed by atoms with Gasteiger partial charge in [-0.05, 0) is 17.7 Å². The summed E-state index contributed by atoms with van der Waals surface area (Å²) in [5, 5.41) is 3.11. The van der Waals surface area contributed by atoms with Crippen LogP contribution in [-0.2, 0) is 6.54 Å². The van der Waals surface area contributed by atoms with Gasteiger partial charge in [0.1, 0.15) is 5.82 Å². The van der Waals surface area contributed by atoms with Crippen LogP contribution < -0.4 is 11.1 Å². The predicted molar refractivity (Wildman–Crippen MR) is 64.6 cm³/mol. The van der Waals surface area contributed by atoms with Crippen molar-refractivity contribution >= 4 is 11.4 Å². The van der Waals surface area contributed by atoms with E-state index in [-0.39, 0.29) is 5.69 Å². The zero-order chi connectivity index (χ0) is 11.4. The van der Waals surface area contributed by atoms with Gasteiger partial charge in [0.2, 0.25) is 0 Å². The van der Waals surface area contributed by atoms with Gasteiger partial charge in [-0.3, -0.25) is 0 Å². The molecule has 2 aromatic carbocycles. The van der Waals surface area contributed by atoms with Crippen LogP contribution in [0.2, 0.25) is 0 Å². The fourth-order valence-electron chi connectivity index (χ4n) is 1.48. The Bertz CT molecular complexity index is 469. The van der Waals surface area contributed by atoms with Crippen molar-refractivity contribution in [1.29, 1.82) is 0 Å². The molecule has 0 saturated heterocycles. The van der Waals surface area contributed by atoms with E-state index in [0.29, 0.717) is 12.2 Å². The largest absolute Gasteiger partial charge is 0.395 e. The summed E-state index contributed by atoms with van der Waals surface area (Å²) < 4.78 is 13.1. The first-order valence-corrected chi connectivity index (χ1v) is 5.09. The van der Waals surface area contributed by atoms with E-state index in [1.54, 1.807) is 12.1 Å². The van der Waals surface area contributed by atoms with Crippen LogP contribution in [0.5, 0.6) is 0 Å². The Kier molecular flexibility index (Phi) is 3.05. The Morgan fingerprint density at radius 1 is 1.00 bits per heavy atom. The summed E-state index contributed by atoms with van der Waals surface area (Å²) >= 11 is 0. The molecule has 0 unspecified atom stereocenters. The lowest BCUT2D eigenvalue weighted by molar-refractivity contribution is 0.633. The Morgan fingerprint density at radius 3 is 2.50 bits per heavy atom. The molecule has 16 heavy (non-hydrogen) atoms. The molecule has 82 valence electrons. The molecule has 0 bridgehead atoms. The van der Waals surface area contributed by atoms with Gasteiger partial charge in [-0.25, -0.2) is 4.39 Å². The Morgan fingerprint density at radius 2 is 1.75 bits per heavy atom. The third kappa shape index (κ3) is 2.31. The minimum Gasteiger partial charge on any atom is -0.395 e. The van der Waals surface area contributed by atoms with Gasteiger partial charge in [0.25, 0.3) is 0 Å². The minimum atomic E-state index is -0.391. The van der Waals surface area contributed by atoms with E-state index in [4.69, 9.17) is 5.73 Å². The molecular formula is C13H13FN2. The first-order chi connectivity index (χ1) is 7.77. The van der Waals surface area contributed by atoms with Crippen LogP contribution in [0.25, 0.3) is 0 Å². The number of halogens is 1. The minimum absolute atomic E-state index is 0.165. The van der Waals surface area contributed by atoms with Crippen LogP contribution in [0.3, 0.4) is 0 Å². The van der Waals surface area contributed by atoms with Crippen LogP contribution in [0.1, 0.15) is 5.56 Å². The van der Waals surface area contributed by atoms with E-state index < -0.39 is 5.82 Å². The molecule has 2 rings (SSSR count). The molecule has 3 N–H and O–H groups in total. The molecule has 0 saturated carbocycles. The SMILES string of the molecule is Nc1c(F)cccc1NCc1ccccc1. The van der Waals surface area contributed by atoms with E-state index in [1.807, 2.05) is 30.3 Å². The van der Waals surface area contributed by atoms with Gasteiger partial charge < -0.3 is 11.1 Å². The van der Waals surface area contributed by atoms with E-state index in [0.717, 1.165) is 5.56 Å². The van der Waals surface area contributed by atoms with Gasteiger partial charge in [0.05, 0.1) is 11.4 Å². The van der Waals surface area contributed by atoms with E-state index in [2.05, 4.69) is 5.32 Å². The second-order valence-corrected chi connectivity index (χ2v) is 3.54. The van der Waals surface area contributed by atoms with Gasteiger partial charge in [-0.2, -0.15) is 0 Å². The lowest BCUT2D eigenvalue weighted by Crippen LogP contribution is -2.03. The summed E-state index contributed by atoms with van der Waals surface area (Å²) in [5.41, 5.74) is 7.53. The molecule has 3 heteroatoms. The molecule has 0 atom stereocenters. The van der Waals surface area contributed by atoms with E-state index >= 15 is 0 Å². The lowest BCUT2D eigenvalue weighted by Gasteiger charge is -2.09. The zero-order valence-electron chi connectivity index (χ0n) is 8.78. The predicted octanol–water partition coefficient (Wildman–Crippen LogP) is 3.02. The lowest BCUT2D eigenvalue weighted by atomic mass is 10.2. The smallest absolute Gasteiger partial charge is 0.148 e. The van der Waals surface area contributed by atoms with Gasteiger partial charge in [0.15, 0.2) is 0 Å². The van der Waals surface area contributed by atoms with Gasteiger partial charge in [-0.15, -0.1) is 0 Å². The second kappa shape index (κ2) is 4.66. The molecular weight excluding hydrogens is 203 g/mol. The summed E-state index contributed by atoms with van der Waals surface area (Å²) in [7, 11) is 0. The number of nitrogens with two attached hydrogens (primary N) is 1. The number of nitrogens with one attached hydrogen (secondary N) is 1. The number of anilines is 2. The number of para-hydroxylation sites is 1. The monoisotopic (exact) mass is 216 g/mol. The number of hydrogen-bond acceptors (Lipinski definition) is 2. The van der Waals surface area contributed by atoms with Crippen LogP contribution in [0.15, 0.2) is 48.5 Å². The summed E-state index contributed by atoms with van der Waals surface area (Å²) in [6.07, 6.45) is 0. The molecule has 2 nitrogen and oxygen atoms in total. The average molecular weight is 216 g/mol. The highest BCUT2D eigenvalue weighted by molar-refractivity contribution is 5.66. The Labute approximate surface area is 93.9 Å². The summed E-state index contributed by atoms with van der Waals surface area (Å²) in [6, 6.07) is 14.6. The molecule has 0 radical (unpaired) electrons. The highest BCUT2D eigenvalue weighted by Crippen LogP contribution is 2.21. The first kappa shape index (κ1) is 10.5. The van der Waals surface area contributed by atoms with Gasteiger partial charge in [-0.1, -0.05) is 36.4 Å². The maximum absolute atomic E-state index is 13.1. The third-order valence-corrected chi connectivity index (χ3v) is 2.38. The van der Waals surface area contributed by atoms with Crippen molar-refractivity contribution in [3.8, 4) is 0 Å². The van der Waals surface area contributed by atoms with Crippen LogP contribution >= 0.6 is 0 Å². The van der Waals surface area contributed by atoms with Crippen molar-refractivity contribution < 1.29 is 4.39 Å². The number of rotatable bonds is 3. The molecule has 0 spiro atoms. The number of benzene rings is 2. The van der Waals surface area contributed by atoms with Gasteiger partial charge in [0, 0.05) is 6.54 Å². The molecule has 0 aromatic heterocycles. The highest BCUT2D eigenvalue weighted by atomic mass is 19.1. The molecule has 0 aliphatic rings. The maximum Gasteiger partial charge on any atom is 0.148 e. The fraction of sp³-hybridized carbons (Fsp3) is 0.0769. The Hall–Kier alpha value is -2.03. The standard InChI is InChI=1S/C13H13FN2/c14-11-7-4-8-12(13(11)15)16-9-10-5-2-1-3-6-10/h1-8,16H,9,15H2. The normalized spacial score (nSPS) is 10.1. The van der Waals surface area contributed by atoms with Crippen molar-refractivity contribution in [2.75, 3.05) is 11.1 Å². The Balaban J connectivity index is 2.08. The van der Waals surface area contributed by atoms with E-state index in [1.165, 1.54) is 6.07 Å². The second-order valence-electron chi connectivity index (χ2n) is 3.54. The molecule has 0 heterocycles. The highest BCUT2D eigenvalue weighted by Gasteiger charge is 2.03. The number of hydrogen-bond donors (Lipinski definition) is 2. The summed E-state index contributed by atoms with van der Waals surface area (Å²) in [5.74, 6) is -0.391. The van der Waals surface area contributed by atoms with Crippen LogP contribution in [-0.4, -0.2) is 0 Å². The van der Waals surface area contributed by atoms with Crippen molar-refractivity contribution in [2.24, 2.45) is 0 Å². The molecule has 0 amide bonds. The molecule has 0 aliphatic heterocycles. The fourth-order valence-corrected chi connectivity index (χ4v) is 1.48. The van der Waals surface area contributed by atoms with Crippen molar-refractivity contribution in [1.82, 2.24) is 0 Å². The quantitative estimate of drug-likeness (QED) is 0.774. The zero-order valence-corrected chi connectivity index (χ0v) is 8.78. The first-order valence-electron chi connectivity index (χ1n) is 5.09. The molecule has 2 aromatic rings. The average Bonchev–Trinajstić information content (AvgIpc) is 2.32. The molecule has 0 fully saturated rings. The van der Waals surface area contributed by atoms with Gasteiger partial charge >= 0.3 is 0 Å². The number of nitrogen functional groups attached to an aromatic ring is 1. The van der Waals surface area contributed by atoms with Crippen LogP contribution in [0.4, 0.5) is 15.8 Å². The van der Waals surface area contributed by atoms with Crippen molar-refractivity contribution in [3.63, 3.8) is 0 Å². The molecule has 0 aliphatic carbocycles. The maximum atomic E-state index is 13.1. The van der Waals surface area contributed by atoms with Crippen molar-refractivity contribution in [2.45, 2.75) is 6.54 Å². The van der Waals surface area contributed by atoms with Crippen LogP contribution in [0, 0.1) is 5.82 Å². The summed E-state index contributed by atoms with van der Waals surface area (Å²) in [4.78, 5) is 0. The van der Waals surface area contributed by atoms with Crippen molar-refractivity contribution in [3.05, 3.63) is 59.9 Å². The topological polar surface area (TPSA) is 38.0 Å².